The minimum absolute atomic E-state index is 0.0532. The van der Waals surface area contributed by atoms with Crippen LogP contribution in [-0.4, -0.2) is 19.9 Å². The second-order valence-electron chi connectivity index (χ2n) is 6.18. The molecule has 1 aromatic carbocycles. The van der Waals surface area contributed by atoms with E-state index in [0.717, 1.165) is 47.1 Å². The van der Waals surface area contributed by atoms with Gasteiger partial charge in [0.1, 0.15) is 0 Å². The Morgan fingerprint density at radius 2 is 2.12 bits per heavy atom. The van der Waals surface area contributed by atoms with Crippen LogP contribution in [0.15, 0.2) is 28.5 Å². The molecule has 0 saturated carbocycles. The van der Waals surface area contributed by atoms with Gasteiger partial charge in [0.25, 0.3) is 0 Å². The molecule has 1 heterocycles. The summed E-state index contributed by atoms with van der Waals surface area (Å²) in [5.41, 5.74) is 1.09. The molecule has 1 atom stereocenters. The third-order valence-corrected chi connectivity index (χ3v) is 6.15. The standard InChI is InChI=1S/C16H18F3N3O2S2/c17-16(18,19)14-9-25-15(22-14)6-7-21-13-3-1-2-10-4-5-11(8-12(10)13)26(20,23)24/h4-5,8-9,13,21H,1-3,6-7H2,(H2,20,23,24). The van der Waals surface area contributed by atoms with Crippen LogP contribution in [0.1, 0.15) is 40.7 Å². The molecule has 0 radical (unpaired) electrons. The lowest BCUT2D eigenvalue weighted by Gasteiger charge is -2.27. The van der Waals surface area contributed by atoms with Crippen LogP contribution < -0.4 is 10.5 Å². The quantitative estimate of drug-likeness (QED) is 0.801. The number of nitrogens with zero attached hydrogens (tertiary/aromatic N) is 1. The number of primary sulfonamides is 1. The van der Waals surface area contributed by atoms with Gasteiger partial charge in [-0.2, -0.15) is 13.2 Å². The molecule has 3 rings (SSSR count). The highest BCUT2D eigenvalue weighted by Gasteiger charge is 2.33. The summed E-state index contributed by atoms with van der Waals surface area (Å²) in [6.45, 7) is 0.453. The number of alkyl halides is 3. The molecule has 0 bridgehead atoms. The molecule has 1 aromatic heterocycles. The largest absolute Gasteiger partial charge is 0.434 e. The Labute approximate surface area is 153 Å². The van der Waals surface area contributed by atoms with Gasteiger partial charge in [-0.15, -0.1) is 11.3 Å². The van der Waals surface area contributed by atoms with Crippen molar-refractivity contribution >= 4 is 21.4 Å². The van der Waals surface area contributed by atoms with E-state index in [4.69, 9.17) is 5.14 Å². The van der Waals surface area contributed by atoms with E-state index < -0.39 is 21.9 Å². The maximum Gasteiger partial charge on any atom is 0.434 e. The first-order valence-corrected chi connectivity index (χ1v) is 10.5. The molecule has 0 amide bonds. The lowest BCUT2D eigenvalue weighted by molar-refractivity contribution is -0.140. The van der Waals surface area contributed by atoms with Crippen LogP contribution in [-0.2, 0) is 29.0 Å². The second-order valence-corrected chi connectivity index (χ2v) is 8.68. The van der Waals surface area contributed by atoms with E-state index in [1.165, 1.54) is 6.07 Å². The van der Waals surface area contributed by atoms with E-state index >= 15 is 0 Å². The number of halogens is 3. The zero-order valence-electron chi connectivity index (χ0n) is 13.7. The third kappa shape index (κ3) is 4.43. The Morgan fingerprint density at radius 1 is 1.35 bits per heavy atom. The van der Waals surface area contributed by atoms with Crippen molar-refractivity contribution < 1.29 is 21.6 Å². The number of sulfonamides is 1. The predicted octanol–water partition coefficient (Wildman–Crippen LogP) is 3.02. The fourth-order valence-corrected chi connectivity index (χ4v) is 4.43. The van der Waals surface area contributed by atoms with Crippen LogP contribution in [0.4, 0.5) is 13.2 Å². The van der Waals surface area contributed by atoms with Gasteiger partial charge in [0.15, 0.2) is 5.69 Å². The van der Waals surface area contributed by atoms with E-state index in [-0.39, 0.29) is 10.9 Å². The monoisotopic (exact) mass is 405 g/mol. The number of benzene rings is 1. The van der Waals surface area contributed by atoms with Gasteiger partial charge in [-0.3, -0.25) is 0 Å². The van der Waals surface area contributed by atoms with Crippen molar-refractivity contribution in [3.05, 3.63) is 45.4 Å². The number of fused-ring (bicyclic) bond motifs is 1. The Bertz CT molecular complexity index is 894. The lowest BCUT2D eigenvalue weighted by Crippen LogP contribution is -2.27. The number of hydrogen-bond acceptors (Lipinski definition) is 5. The average Bonchev–Trinajstić information content (AvgIpc) is 3.03. The van der Waals surface area contributed by atoms with Gasteiger partial charge >= 0.3 is 6.18 Å². The zero-order valence-corrected chi connectivity index (χ0v) is 15.3. The molecule has 10 heteroatoms. The van der Waals surface area contributed by atoms with Crippen molar-refractivity contribution in [3.8, 4) is 0 Å². The molecule has 2 aromatic rings. The maximum absolute atomic E-state index is 12.6. The Hall–Kier alpha value is -1.49. The van der Waals surface area contributed by atoms with E-state index in [1.807, 2.05) is 0 Å². The molecule has 3 N–H and O–H groups in total. The number of rotatable bonds is 5. The van der Waals surface area contributed by atoms with Crippen molar-refractivity contribution in [2.75, 3.05) is 6.54 Å². The van der Waals surface area contributed by atoms with Crippen LogP contribution in [0.3, 0.4) is 0 Å². The molecule has 1 aliphatic carbocycles. The first-order chi connectivity index (χ1) is 12.1. The molecule has 1 unspecified atom stereocenters. The fourth-order valence-electron chi connectivity index (χ4n) is 3.08. The maximum atomic E-state index is 12.6. The summed E-state index contributed by atoms with van der Waals surface area (Å²) in [7, 11) is -3.78. The summed E-state index contributed by atoms with van der Waals surface area (Å²) >= 11 is 0.987. The third-order valence-electron chi connectivity index (χ3n) is 4.33. The van der Waals surface area contributed by atoms with Crippen molar-refractivity contribution in [1.29, 1.82) is 0 Å². The van der Waals surface area contributed by atoms with Crippen LogP contribution >= 0.6 is 11.3 Å². The lowest BCUT2D eigenvalue weighted by atomic mass is 9.87. The molecule has 5 nitrogen and oxygen atoms in total. The zero-order chi connectivity index (χ0) is 18.9. The summed E-state index contributed by atoms with van der Waals surface area (Å²) in [6.07, 6.45) is -1.41. The SMILES string of the molecule is NS(=O)(=O)c1ccc2c(c1)C(NCCc1nc(C(F)(F)F)cs1)CCC2. The second kappa shape index (κ2) is 7.26. The number of nitrogens with two attached hydrogens (primary N) is 1. The smallest absolute Gasteiger partial charge is 0.310 e. The average molecular weight is 405 g/mol. The molecule has 0 fully saturated rings. The Kier molecular flexibility index (Phi) is 5.38. The summed E-state index contributed by atoms with van der Waals surface area (Å²) < 4.78 is 60.9. The van der Waals surface area contributed by atoms with Crippen molar-refractivity contribution in [3.63, 3.8) is 0 Å². The van der Waals surface area contributed by atoms with E-state index in [1.54, 1.807) is 12.1 Å². The molecule has 26 heavy (non-hydrogen) atoms. The van der Waals surface area contributed by atoms with Gasteiger partial charge in [0.05, 0.1) is 9.90 Å². The highest BCUT2D eigenvalue weighted by molar-refractivity contribution is 7.89. The van der Waals surface area contributed by atoms with Gasteiger partial charge in [0.2, 0.25) is 10.0 Å². The van der Waals surface area contributed by atoms with Crippen LogP contribution in [0.2, 0.25) is 0 Å². The molecule has 1 aliphatic rings. The summed E-state index contributed by atoms with van der Waals surface area (Å²) in [5, 5.41) is 9.94. The molecule has 0 spiro atoms. The Morgan fingerprint density at radius 3 is 2.77 bits per heavy atom. The summed E-state index contributed by atoms with van der Waals surface area (Å²) in [5.74, 6) is 0. The topological polar surface area (TPSA) is 85.1 Å². The van der Waals surface area contributed by atoms with Crippen LogP contribution in [0.5, 0.6) is 0 Å². The summed E-state index contributed by atoms with van der Waals surface area (Å²) in [4.78, 5) is 3.68. The molecule has 0 aliphatic heterocycles. The first-order valence-electron chi connectivity index (χ1n) is 8.05. The molecule has 0 saturated heterocycles. The van der Waals surface area contributed by atoms with Crippen LogP contribution in [0, 0.1) is 0 Å². The fraction of sp³-hybridized carbons (Fsp3) is 0.438. The van der Waals surface area contributed by atoms with E-state index in [9.17, 15) is 21.6 Å². The highest BCUT2D eigenvalue weighted by atomic mass is 32.2. The van der Waals surface area contributed by atoms with Gasteiger partial charge < -0.3 is 5.32 Å². The molecular formula is C16H18F3N3O2S2. The van der Waals surface area contributed by atoms with Crippen molar-refractivity contribution in [2.24, 2.45) is 5.14 Å². The number of hydrogen-bond donors (Lipinski definition) is 2. The molecule has 142 valence electrons. The minimum atomic E-state index is -4.42. The number of aryl methyl sites for hydroxylation is 1. The summed E-state index contributed by atoms with van der Waals surface area (Å²) in [6, 6.07) is 4.82. The van der Waals surface area contributed by atoms with Crippen molar-refractivity contribution in [2.45, 2.75) is 42.8 Å². The van der Waals surface area contributed by atoms with Gasteiger partial charge in [-0.1, -0.05) is 6.07 Å². The van der Waals surface area contributed by atoms with Crippen LogP contribution in [0.25, 0.3) is 0 Å². The van der Waals surface area contributed by atoms with Crippen molar-refractivity contribution in [1.82, 2.24) is 10.3 Å². The predicted molar refractivity (Wildman–Crippen MR) is 92.3 cm³/mol. The number of thiazole rings is 1. The highest BCUT2D eigenvalue weighted by Crippen LogP contribution is 2.32. The van der Waals surface area contributed by atoms with Gasteiger partial charge in [-0.05, 0) is 42.5 Å². The number of aromatic nitrogens is 1. The van der Waals surface area contributed by atoms with E-state index in [2.05, 4.69) is 10.3 Å². The van der Waals surface area contributed by atoms with Gasteiger partial charge in [-0.25, -0.2) is 18.5 Å². The first kappa shape index (κ1) is 19.3. The molecular weight excluding hydrogens is 387 g/mol. The minimum Gasteiger partial charge on any atom is -0.310 e. The van der Waals surface area contributed by atoms with Gasteiger partial charge in [0, 0.05) is 24.4 Å². The van der Waals surface area contributed by atoms with E-state index in [0.29, 0.717) is 18.0 Å². The normalized spacial score (nSPS) is 17.9. The Balaban J connectivity index is 1.68. The number of nitrogens with one attached hydrogen (secondary N) is 1.